The van der Waals surface area contributed by atoms with Gasteiger partial charge in [0.1, 0.15) is 6.04 Å². The fourth-order valence-electron chi connectivity index (χ4n) is 1.03. The lowest BCUT2D eigenvalue weighted by Gasteiger charge is -2.23. The van der Waals surface area contributed by atoms with Crippen LogP contribution < -0.4 is 16.4 Å². The van der Waals surface area contributed by atoms with Crippen LogP contribution in [0.3, 0.4) is 0 Å². The van der Waals surface area contributed by atoms with Crippen LogP contribution in [0.15, 0.2) is 0 Å². The van der Waals surface area contributed by atoms with Crippen LogP contribution in [0.5, 0.6) is 0 Å². The minimum atomic E-state index is -3.39. The van der Waals surface area contributed by atoms with E-state index in [1.54, 1.807) is 0 Å². The molecular formula is C10H19N3O6S. The van der Waals surface area contributed by atoms with E-state index in [1.807, 2.05) is 5.32 Å². The van der Waals surface area contributed by atoms with E-state index < -0.39 is 45.0 Å². The molecule has 0 aliphatic carbocycles. The van der Waals surface area contributed by atoms with Crippen LogP contribution in [-0.2, 0) is 19.4 Å². The van der Waals surface area contributed by atoms with Gasteiger partial charge in [-0.2, -0.15) is 0 Å². The van der Waals surface area contributed by atoms with Gasteiger partial charge < -0.3 is 21.5 Å². The molecule has 0 aromatic heterocycles. The van der Waals surface area contributed by atoms with Crippen molar-refractivity contribution in [2.45, 2.75) is 31.1 Å². The maximum Gasteiger partial charge on any atom is 0.326 e. The van der Waals surface area contributed by atoms with Crippen molar-refractivity contribution in [1.82, 2.24) is 10.6 Å². The Morgan fingerprint density at radius 3 is 2.15 bits per heavy atom. The zero-order chi connectivity index (χ0) is 16.1. The molecule has 10 heteroatoms. The van der Waals surface area contributed by atoms with Crippen molar-refractivity contribution in [2.24, 2.45) is 5.73 Å². The first-order valence-electron chi connectivity index (χ1n) is 5.62. The van der Waals surface area contributed by atoms with Crippen LogP contribution in [0.4, 0.5) is 4.79 Å². The fourth-order valence-corrected chi connectivity index (χ4v) is 1.37. The largest absolute Gasteiger partial charge is 0.480 e. The van der Waals surface area contributed by atoms with Crippen molar-refractivity contribution in [3.8, 4) is 0 Å². The minimum Gasteiger partial charge on any atom is -0.480 e. The van der Waals surface area contributed by atoms with Gasteiger partial charge in [-0.15, -0.1) is 0 Å². The first-order chi connectivity index (χ1) is 8.86. The van der Waals surface area contributed by atoms with E-state index in [-0.39, 0.29) is 6.54 Å². The zero-order valence-electron chi connectivity index (χ0n) is 11.5. The Morgan fingerprint density at radius 2 is 1.80 bits per heavy atom. The molecular weight excluding hydrogens is 290 g/mol. The topological polar surface area (TPSA) is 156 Å². The standard InChI is InChI=1S/C10H19N3O6S/c1-10(2,20(3,18)19)5-12-9(17)13-6(8(15)16)4-7(11)14/h6H,4-5H2,1-3H3,(H2,11,14)(H,15,16)(H2,12,13,17)/t6-/m1/s1. The van der Waals surface area contributed by atoms with E-state index in [0.29, 0.717) is 0 Å². The normalized spacial score (nSPS) is 13.3. The first-order valence-corrected chi connectivity index (χ1v) is 7.51. The molecule has 0 unspecified atom stereocenters. The van der Waals surface area contributed by atoms with Crippen LogP contribution in [0, 0.1) is 0 Å². The van der Waals surface area contributed by atoms with Crippen molar-refractivity contribution in [1.29, 1.82) is 0 Å². The molecule has 1 atom stereocenters. The van der Waals surface area contributed by atoms with Gasteiger partial charge in [-0.1, -0.05) is 0 Å². The SMILES string of the molecule is CC(C)(CNC(=O)N[C@H](CC(N)=O)C(=O)O)S(C)(=O)=O. The predicted molar refractivity (Wildman–Crippen MR) is 70.7 cm³/mol. The number of sulfone groups is 1. The van der Waals surface area contributed by atoms with E-state index >= 15 is 0 Å². The first kappa shape index (κ1) is 18.2. The average molecular weight is 309 g/mol. The van der Waals surface area contributed by atoms with Crippen LogP contribution >= 0.6 is 0 Å². The number of amides is 3. The molecule has 5 N–H and O–H groups in total. The number of hydrogen-bond donors (Lipinski definition) is 4. The van der Waals surface area contributed by atoms with Crippen molar-refractivity contribution in [3.05, 3.63) is 0 Å². The van der Waals surface area contributed by atoms with Gasteiger partial charge in [0, 0.05) is 12.8 Å². The number of primary amides is 1. The summed E-state index contributed by atoms with van der Waals surface area (Å²) in [4.78, 5) is 32.9. The second-order valence-electron chi connectivity index (χ2n) is 4.92. The fraction of sp³-hybridized carbons (Fsp3) is 0.700. The molecule has 0 saturated heterocycles. The monoisotopic (exact) mass is 309 g/mol. The molecule has 0 aliphatic heterocycles. The van der Waals surface area contributed by atoms with Crippen LogP contribution in [-0.4, -0.2) is 55.0 Å². The summed E-state index contributed by atoms with van der Waals surface area (Å²) >= 11 is 0. The molecule has 20 heavy (non-hydrogen) atoms. The maximum atomic E-state index is 11.5. The van der Waals surface area contributed by atoms with Gasteiger partial charge in [-0.3, -0.25) is 4.79 Å². The Hall–Kier alpha value is -1.84. The highest BCUT2D eigenvalue weighted by Crippen LogP contribution is 2.13. The summed E-state index contributed by atoms with van der Waals surface area (Å²) in [6.45, 7) is 2.63. The average Bonchev–Trinajstić information content (AvgIpc) is 2.23. The van der Waals surface area contributed by atoms with Gasteiger partial charge in [-0.05, 0) is 13.8 Å². The van der Waals surface area contributed by atoms with Crippen LogP contribution in [0.25, 0.3) is 0 Å². The number of carboxylic acids is 1. The molecule has 0 saturated carbocycles. The molecule has 0 heterocycles. The number of carbonyl (C=O) groups excluding carboxylic acids is 2. The maximum absolute atomic E-state index is 11.5. The van der Waals surface area contributed by atoms with Crippen molar-refractivity contribution in [2.75, 3.05) is 12.8 Å². The number of hydrogen-bond acceptors (Lipinski definition) is 5. The van der Waals surface area contributed by atoms with Gasteiger partial charge in [0.15, 0.2) is 9.84 Å². The highest BCUT2D eigenvalue weighted by molar-refractivity contribution is 7.92. The van der Waals surface area contributed by atoms with E-state index in [1.165, 1.54) is 13.8 Å². The number of urea groups is 1. The van der Waals surface area contributed by atoms with E-state index in [9.17, 15) is 22.8 Å². The third kappa shape index (κ3) is 5.87. The molecule has 0 bridgehead atoms. The zero-order valence-corrected chi connectivity index (χ0v) is 12.3. The summed E-state index contributed by atoms with van der Waals surface area (Å²) < 4.78 is 21.6. The predicted octanol–water partition coefficient (Wildman–Crippen LogP) is -1.56. The third-order valence-electron chi connectivity index (χ3n) is 2.69. The summed E-state index contributed by atoms with van der Waals surface area (Å²) in [6.07, 6.45) is 0.470. The molecule has 116 valence electrons. The molecule has 0 aromatic rings. The van der Waals surface area contributed by atoms with E-state index in [0.717, 1.165) is 6.26 Å². The lowest BCUT2D eigenvalue weighted by atomic mass is 10.2. The summed E-state index contributed by atoms with van der Waals surface area (Å²) in [5, 5.41) is 13.1. The minimum absolute atomic E-state index is 0.208. The van der Waals surface area contributed by atoms with Crippen LogP contribution in [0.1, 0.15) is 20.3 Å². The highest BCUT2D eigenvalue weighted by Gasteiger charge is 2.31. The molecule has 0 fully saturated rings. The Labute approximate surface area is 116 Å². The number of carbonyl (C=O) groups is 3. The molecule has 0 rings (SSSR count). The number of nitrogens with one attached hydrogen (secondary N) is 2. The van der Waals surface area contributed by atoms with Gasteiger partial charge in [0.05, 0.1) is 11.2 Å². The summed E-state index contributed by atoms with van der Waals surface area (Å²) in [5.74, 6) is -2.30. The second kappa shape index (κ2) is 6.55. The second-order valence-corrected chi connectivity index (χ2v) is 7.57. The van der Waals surface area contributed by atoms with Gasteiger partial charge in [0.25, 0.3) is 0 Å². The summed E-state index contributed by atoms with van der Waals surface area (Å²) in [5.41, 5.74) is 4.85. The Kier molecular flexibility index (Phi) is 5.95. The quantitative estimate of drug-likeness (QED) is 0.445. The molecule has 0 spiro atoms. The number of carboxylic acid groups (broad SMARTS) is 1. The molecule has 0 aliphatic rings. The Balaban J connectivity index is 4.56. The molecule has 9 nitrogen and oxygen atoms in total. The summed E-state index contributed by atoms with van der Waals surface area (Å²) in [6, 6.07) is -2.36. The summed E-state index contributed by atoms with van der Waals surface area (Å²) in [7, 11) is -3.39. The third-order valence-corrected chi connectivity index (χ3v) is 4.84. The highest BCUT2D eigenvalue weighted by atomic mass is 32.2. The van der Waals surface area contributed by atoms with Crippen molar-refractivity contribution < 1.29 is 27.9 Å². The van der Waals surface area contributed by atoms with Crippen LogP contribution in [0.2, 0.25) is 0 Å². The molecule has 0 radical (unpaired) electrons. The molecule has 3 amide bonds. The molecule has 0 aromatic carbocycles. The lowest BCUT2D eigenvalue weighted by Crippen LogP contribution is -2.51. The van der Waals surface area contributed by atoms with Crippen molar-refractivity contribution in [3.63, 3.8) is 0 Å². The number of rotatable bonds is 7. The van der Waals surface area contributed by atoms with E-state index in [2.05, 4.69) is 5.32 Å². The number of nitrogens with two attached hydrogens (primary N) is 1. The van der Waals surface area contributed by atoms with Crippen molar-refractivity contribution >= 4 is 27.7 Å². The van der Waals surface area contributed by atoms with Gasteiger partial charge in [-0.25, -0.2) is 18.0 Å². The van der Waals surface area contributed by atoms with E-state index in [4.69, 9.17) is 10.8 Å². The van der Waals surface area contributed by atoms with Gasteiger partial charge >= 0.3 is 12.0 Å². The smallest absolute Gasteiger partial charge is 0.326 e. The number of aliphatic carboxylic acids is 1. The lowest BCUT2D eigenvalue weighted by molar-refractivity contribution is -0.140. The Morgan fingerprint density at radius 1 is 1.30 bits per heavy atom. The van der Waals surface area contributed by atoms with Gasteiger partial charge in [0.2, 0.25) is 5.91 Å². The Bertz CT molecular complexity index is 499.